The van der Waals surface area contributed by atoms with E-state index in [1.54, 1.807) is 0 Å². The molecule has 1 aliphatic carbocycles. The van der Waals surface area contributed by atoms with Gasteiger partial charge in [0.15, 0.2) is 0 Å². The van der Waals surface area contributed by atoms with Crippen molar-refractivity contribution < 1.29 is 4.74 Å². The van der Waals surface area contributed by atoms with Crippen LogP contribution in [0.25, 0.3) is 10.8 Å². The van der Waals surface area contributed by atoms with Crippen molar-refractivity contribution in [2.24, 2.45) is 5.92 Å². The summed E-state index contributed by atoms with van der Waals surface area (Å²) in [6, 6.07) is 22.2. The van der Waals surface area contributed by atoms with Crippen molar-refractivity contribution in [3.63, 3.8) is 0 Å². The molecule has 0 bridgehead atoms. The van der Waals surface area contributed by atoms with Gasteiger partial charge in [0.05, 0.1) is 12.1 Å². The fourth-order valence-electron chi connectivity index (χ4n) is 4.75. The van der Waals surface area contributed by atoms with Crippen molar-refractivity contribution in [2.45, 2.75) is 38.3 Å². The summed E-state index contributed by atoms with van der Waals surface area (Å²) in [7, 11) is 0. The Hall–Kier alpha value is -2.74. The molecule has 27 heavy (non-hydrogen) atoms. The zero-order chi connectivity index (χ0) is 18.4. The molecule has 1 N–H and O–H groups in total. The van der Waals surface area contributed by atoms with E-state index in [1.165, 1.54) is 27.6 Å². The SMILES string of the molecule is CC(C)Oc1ccc2c(c1)C1C=CCC1C(c1cccc3ccccc13)N2. The van der Waals surface area contributed by atoms with E-state index in [-0.39, 0.29) is 6.10 Å². The number of benzene rings is 3. The van der Waals surface area contributed by atoms with Gasteiger partial charge in [-0.2, -0.15) is 0 Å². The lowest BCUT2D eigenvalue weighted by Gasteiger charge is -2.38. The maximum absolute atomic E-state index is 5.95. The second kappa shape index (κ2) is 6.45. The first-order valence-corrected chi connectivity index (χ1v) is 9.92. The van der Waals surface area contributed by atoms with Gasteiger partial charge in [-0.3, -0.25) is 0 Å². The Morgan fingerprint density at radius 1 is 0.963 bits per heavy atom. The Balaban J connectivity index is 1.59. The van der Waals surface area contributed by atoms with Crippen LogP contribution in [0.3, 0.4) is 0 Å². The molecule has 136 valence electrons. The number of ether oxygens (including phenoxy) is 1. The summed E-state index contributed by atoms with van der Waals surface area (Å²) < 4.78 is 5.95. The molecule has 0 saturated carbocycles. The van der Waals surface area contributed by atoms with Gasteiger partial charge in [-0.05, 0) is 66.3 Å². The smallest absolute Gasteiger partial charge is 0.120 e. The van der Waals surface area contributed by atoms with Gasteiger partial charge < -0.3 is 10.1 Å². The quantitative estimate of drug-likeness (QED) is 0.545. The Morgan fingerprint density at radius 3 is 2.70 bits per heavy atom. The molecule has 0 aromatic heterocycles. The summed E-state index contributed by atoms with van der Waals surface area (Å²) in [4.78, 5) is 0. The van der Waals surface area contributed by atoms with Crippen molar-refractivity contribution in [3.05, 3.63) is 83.9 Å². The fraction of sp³-hybridized carbons (Fsp3) is 0.280. The lowest BCUT2D eigenvalue weighted by atomic mass is 9.76. The van der Waals surface area contributed by atoms with Crippen LogP contribution in [-0.4, -0.2) is 6.10 Å². The monoisotopic (exact) mass is 355 g/mol. The first-order chi connectivity index (χ1) is 13.2. The summed E-state index contributed by atoms with van der Waals surface area (Å²) in [6.07, 6.45) is 6.04. The van der Waals surface area contributed by atoms with Crippen molar-refractivity contribution in [1.82, 2.24) is 0 Å². The molecule has 3 aromatic rings. The number of hydrogen-bond donors (Lipinski definition) is 1. The average Bonchev–Trinajstić information content (AvgIpc) is 3.17. The zero-order valence-electron chi connectivity index (χ0n) is 15.9. The van der Waals surface area contributed by atoms with Crippen molar-refractivity contribution in [2.75, 3.05) is 5.32 Å². The number of hydrogen-bond acceptors (Lipinski definition) is 2. The van der Waals surface area contributed by atoms with Gasteiger partial charge in [0, 0.05) is 11.6 Å². The molecule has 2 aliphatic rings. The van der Waals surface area contributed by atoms with Gasteiger partial charge in [-0.25, -0.2) is 0 Å². The molecule has 0 spiro atoms. The van der Waals surface area contributed by atoms with Crippen LogP contribution in [0.5, 0.6) is 5.75 Å². The number of rotatable bonds is 3. The van der Waals surface area contributed by atoms with E-state index in [0.29, 0.717) is 17.9 Å². The Bertz CT molecular complexity index is 1010. The van der Waals surface area contributed by atoms with E-state index in [1.807, 2.05) is 0 Å². The number of allylic oxidation sites excluding steroid dienone is 2. The summed E-state index contributed by atoms with van der Waals surface area (Å²) in [5.41, 5.74) is 4.00. The van der Waals surface area contributed by atoms with Crippen molar-refractivity contribution in [1.29, 1.82) is 0 Å². The first kappa shape index (κ1) is 16.4. The van der Waals surface area contributed by atoms with Crippen LogP contribution in [0.2, 0.25) is 0 Å². The number of nitrogens with one attached hydrogen (secondary N) is 1. The molecule has 1 heterocycles. The van der Waals surface area contributed by atoms with E-state index in [4.69, 9.17) is 4.74 Å². The normalized spacial score (nSPS) is 23.1. The van der Waals surface area contributed by atoms with Gasteiger partial charge in [-0.1, -0.05) is 54.6 Å². The Kier molecular flexibility index (Phi) is 3.93. The van der Waals surface area contributed by atoms with Crippen LogP contribution in [0, 0.1) is 5.92 Å². The van der Waals surface area contributed by atoms with Gasteiger partial charge >= 0.3 is 0 Å². The third-order valence-electron chi connectivity index (χ3n) is 5.86. The standard InChI is InChI=1S/C25H25NO/c1-16(2)27-18-13-14-24-23(15-18)20-10-6-12-22(20)25(26-24)21-11-5-8-17-7-3-4-9-19(17)21/h3-11,13-16,20,22,25-26H,12H2,1-2H3. The third-order valence-corrected chi connectivity index (χ3v) is 5.86. The predicted octanol–water partition coefficient (Wildman–Crippen LogP) is 6.45. The largest absolute Gasteiger partial charge is 0.491 e. The van der Waals surface area contributed by atoms with Crippen LogP contribution >= 0.6 is 0 Å². The Labute approximate surface area is 160 Å². The second-order valence-electron chi connectivity index (χ2n) is 7.96. The molecule has 0 fully saturated rings. The predicted molar refractivity (Wildman–Crippen MR) is 113 cm³/mol. The lowest BCUT2D eigenvalue weighted by Crippen LogP contribution is -2.29. The summed E-state index contributed by atoms with van der Waals surface area (Å²) in [6.45, 7) is 4.15. The van der Waals surface area contributed by atoms with E-state index in [0.717, 1.165) is 12.2 Å². The minimum Gasteiger partial charge on any atom is -0.491 e. The minimum atomic E-state index is 0.193. The van der Waals surface area contributed by atoms with Gasteiger partial charge in [0.1, 0.15) is 5.75 Å². The lowest BCUT2D eigenvalue weighted by molar-refractivity contribution is 0.242. The third kappa shape index (κ3) is 2.80. The molecular formula is C25H25NO. The topological polar surface area (TPSA) is 21.3 Å². The average molecular weight is 355 g/mol. The molecule has 2 nitrogen and oxygen atoms in total. The molecule has 3 atom stereocenters. The first-order valence-electron chi connectivity index (χ1n) is 9.92. The van der Waals surface area contributed by atoms with Gasteiger partial charge in [-0.15, -0.1) is 0 Å². The van der Waals surface area contributed by atoms with Crippen LogP contribution in [-0.2, 0) is 0 Å². The van der Waals surface area contributed by atoms with E-state index in [9.17, 15) is 0 Å². The Morgan fingerprint density at radius 2 is 1.81 bits per heavy atom. The molecule has 0 saturated heterocycles. The molecule has 3 aromatic carbocycles. The summed E-state index contributed by atoms with van der Waals surface area (Å²) in [5.74, 6) is 1.95. The molecule has 2 heteroatoms. The molecule has 3 unspecified atom stereocenters. The van der Waals surface area contributed by atoms with Crippen LogP contribution in [0.4, 0.5) is 5.69 Å². The molecule has 5 rings (SSSR count). The summed E-state index contributed by atoms with van der Waals surface area (Å²) >= 11 is 0. The fourth-order valence-corrected chi connectivity index (χ4v) is 4.75. The molecule has 0 radical (unpaired) electrons. The maximum Gasteiger partial charge on any atom is 0.120 e. The second-order valence-corrected chi connectivity index (χ2v) is 7.96. The van der Waals surface area contributed by atoms with Crippen molar-refractivity contribution in [3.8, 4) is 5.75 Å². The highest BCUT2D eigenvalue weighted by molar-refractivity contribution is 5.86. The zero-order valence-corrected chi connectivity index (χ0v) is 15.9. The van der Waals surface area contributed by atoms with E-state index < -0.39 is 0 Å². The van der Waals surface area contributed by atoms with Crippen LogP contribution in [0.1, 0.15) is 43.4 Å². The molecular weight excluding hydrogens is 330 g/mol. The van der Waals surface area contributed by atoms with E-state index >= 15 is 0 Å². The number of fused-ring (bicyclic) bond motifs is 4. The minimum absolute atomic E-state index is 0.193. The highest BCUT2D eigenvalue weighted by Gasteiger charge is 2.38. The van der Waals surface area contributed by atoms with Crippen LogP contribution < -0.4 is 10.1 Å². The molecule has 1 aliphatic heterocycles. The highest BCUT2D eigenvalue weighted by atomic mass is 16.5. The van der Waals surface area contributed by atoms with Crippen LogP contribution in [0.15, 0.2) is 72.8 Å². The van der Waals surface area contributed by atoms with Gasteiger partial charge in [0.25, 0.3) is 0 Å². The highest BCUT2D eigenvalue weighted by Crippen LogP contribution is 2.51. The maximum atomic E-state index is 5.95. The number of anilines is 1. The van der Waals surface area contributed by atoms with Gasteiger partial charge in [0.2, 0.25) is 0 Å². The van der Waals surface area contributed by atoms with E-state index in [2.05, 4.69) is 92.0 Å². The van der Waals surface area contributed by atoms with Crippen molar-refractivity contribution >= 4 is 16.5 Å². The summed E-state index contributed by atoms with van der Waals surface area (Å²) in [5, 5.41) is 6.53. The molecule has 0 amide bonds.